The summed E-state index contributed by atoms with van der Waals surface area (Å²) in [6.45, 7) is 6.50. The van der Waals surface area contributed by atoms with Gasteiger partial charge in [0, 0.05) is 17.9 Å². The summed E-state index contributed by atoms with van der Waals surface area (Å²) in [7, 11) is 0. The van der Waals surface area contributed by atoms with Gasteiger partial charge >= 0.3 is 0 Å². The quantitative estimate of drug-likeness (QED) is 0.517. The lowest BCUT2D eigenvalue weighted by atomic mass is 10.1. The molecule has 0 aliphatic rings. The molecule has 0 fully saturated rings. The summed E-state index contributed by atoms with van der Waals surface area (Å²) < 4.78 is 14.8. The molecule has 2 amide bonds. The van der Waals surface area contributed by atoms with Crippen molar-refractivity contribution in [1.29, 1.82) is 0 Å². The van der Waals surface area contributed by atoms with Crippen LogP contribution in [0.4, 0.5) is 15.8 Å². The molecule has 0 aliphatic heterocycles. The Morgan fingerprint density at radius 1 is 0.968 bits per heavy atom. The van der Waals surface area contributed by atoms with Gasteiger partial charge in [-0.05, 0) is 68.3 Å². The number of aryl methyl sites for hydroxylation is 2. The Labute approximate surface area is 184 Å². The van der Waals surface area contributed by atoms with Crippen LogP contribution in [0.1, 0.15) is 23.9 Å². The van der Waals surface area contributed by atoms with Crippen molar-refractivity contribution in [3.05, 3.63) is 65.2 Å². The Balaban J connectivity index is 1.57. The first-order chi connectivity index (χ1) is 14.9. The Morgan fingerprint density at radius 2 is 1.65 bits per heavy atom. The molecule has 9 heteroatoms. The van der Waals surface area contributed by atoms with Gasteiger partial charge in [-0.25, -0.2) is 4.39 Å². The monoisotopic (exact) mass is 441 g/mol. The summed E-state index contributed by atoms with van der Waals surface area (Å²) in [5, 5.41) is 14.4. The number of nitrogens with zero attached hydrogens (tertiary/aromatic N) is 3. The van der Waals surface area contributed by atoms with Gasteiger partial charge in [-0.15, -0.1) is 10.2 Å². The SMILES string of the molecule is CCn1c(CC(=O)Nc2ccc(F)cc2)nnc1SCC(=O)Nc1ccc(C)c(C)c1. The van der Waals surface area contributed by atoms with E-state index in [1.54, 1.807) is 4.57 Å². The standard InChI is InChI=1S/C22H24FN5O2S/c1-4-28-19(12-20(29)24-17-9-6-16(23)7-10-17)26-27-22(28)31-13-21(30)25-18-8-5-14(2)15(3)11-18/h5-11H,4,12-13H2,1-3H3,(H,24,29)(H,25,30). The zero-order valence-corrected chi connectivity index (χ0v) is 18.4. The molecule has 0 bridgehead atoms. The highest BCUT2D eigenvalue weighted by Crippen LogP contribution is 2.19. The summed E-state index contributed by atoms with van der Waals surface area (Å²) in [5.74, 6) is -0.120. The third-order valence-electron chi connectivity index (χ3n) is 4.68. The van der Waals surface area contributed by atoms with Crippen molar-refractivity contribution in [2.24, 2.45) is 0 Å². The number of anilines is 2. The van der Waals surface area contributed by atoms with E-state index in [1.165, 1.54) is 41.6 Å². The van der Waals surface area contributed by atoms with Crippen LogP contribution in [0.15, 0.2) is 47.6 Å². The van der Waals surface area contributed by atoms with E-state index in [0.29, 0.717) is 23.2 Å². The van der Waals surface area contributed by atoms with Gasteiger partial charge in [-0.3, -0.25) is 9.59 Å². The molecule has 0 spiro atoms. The normalized spacial score (nSPS) is 10.7. The second-order valence-corrected chi connectivity index (χ2v) is 7.95. The first-order valence-corrected chi connectivity index (χ1v) is 10.8. The minimum absolute atomic E-state index is 0.0214. The molecule has 0 radical (unpaired) electrons. The second-order valence-electron chi connectivity index (χ2n) is 7.01. The summed E-state index contributed by atoms with van der Waals surface area (Å²) >= 11 is 1.26. The summed E-state index contributed by atoms with van der Waals surface area (Å²) in [6.07, 6.45) is 0.0214. The molecule has 3 rings (SSSR count). The number of thioether (sulfide) groups is 1. The molecule has 2 N–H and O–H groups in total. The topological polar surface area (TPSA) is 88.9 Å². The van der Waals surface area contributed by atoms with Gasteiger partial charge in [0.15, 0.2) is 5.16 Å². The molecule has 162 valence electrons. The van der Waals surface area contributed by atoms with Crippen LogP contribution in [-0.2, 0) is 22.6 Å². The molecule has 0 saturated carbocycles. The van der Waals surface area contributed by atoms with Gasteiger partial charge in [0.05, 0.1) is 12.2 Å². The van der Waals surface area contributed by atoms with Crippen LogP contribution in [-0.4, -0.2) is 32.3 Å². The number of carbonyl (C=O) groups is 2. The molecule has 1 heterocycles. The molecular weight excluding hydrogens is 417 g/mol. The second kappa shape index (κ2) is 10.2. The number of aromatic nitrogens is 3. The highest BCUT2D eigenvalue weighted by Gasteiger charge is 2.16. The third-order valence-corrected chi connectivity index (χ3v) is 5.65. The predicted octanol–water partition coefficient (Wildman–Crippen LogP) is 3.97. The number of amides is 2. The van der Waals surface area contributed by atoms with Crippen LogP contribution in [0.25, 0.3) is 0 Å². The molecule has 0 atom stereocenters. The third kappa shape index (κ3) is 6.14. The lowest BCUT2D eigenvalue weighted by molar-refractivity contribution is -0.116. The van der Waals surface area contributed by atoms with Gasteiger partial charge in [0.1, 0.15) is 11.6 Å². The average molecular weight is 442 g/mol. The van der Waals surface area contributed by atoms with E-state index >= 15 is 0 Å². The van der Waals surface area contributed by atoms with Crippen LogP contribution < -0.4 is 10.6 Å². The van der Waals surface area contributed by atoms with Gasteiger partial charge in [0.25, 0.3) is 0 Å². The number of nitrogens with one attached hydrogen (secondary N) is 2. The minimum atomic E-state index is -0.369. The summed E-state index contributed by atoms with van der Waals surface area (Å²) in [4.78, 5) is 24.6. The molecule has 1 aromatic heterocycles. The van der Waals surface area contributed by atoms with Gasteiger partial charge in [-0.1, -0.05) is 17.8 Å². The minimum Gasteiger partial charge on any atom is -0.326 e. The molecular formula is C22H24FN5O2S. The number of benzene rings is 2. The van der Waals surface area contributed by atoms with Crippen LogP contribution in [0.5, 0.6) is 0 Å². The average Bonchev–Trinajstić information content (AvgIpc) is 3.12. The largest absolute Gasteiger partial charge is 0.326 e. The predicted molar refractivity (Wildman–Crippen MR) is 120 cm³/mol. The number of rotatable bonds is 8. The number of hydrogen-bond donors (Lipinski definition) is 2. The first-order valence-electron chi connectivity index (χ1n) is 9.83. The smallest absolute Gasteiger partial charge is 0.234 e. The maximum absolute atomic E-state index is 13.0. The van der Waals surface area contributed by atoms with E-state index in [-0.39, 0.29) is 29.8 Å². The van der Waals surface area contributed by atoms with Crippen LogP contribution >= 0.6 is 11.8 Å². The van der Waals surface area contributed by atoms with Gasteiger partial charge in [0.2, 0.25) is 11.8 Å². The molecule has 31 heavy (non-hydrogen) atoms. The van der Waals surface area contributed by atoms with Crippen molar-refractivity contribution in [3.8, 4) is 0 Å². The maximum Gasteiger partial charge on any atom is 0.234 e. The molecule has 0 saturated heterocycles. The summed E-state index contributed by atoms with van der Waals surface area (Å²) in [6, 6.07) is 11.3. The highest BCUT2D eigenvalue weighted by atomic mass is 32.2. The van der Waals surface area contributed by atoms with E-state index in [1.807, 2.05) is 39.0 Å². The molecule has 7 nitrogen and oxygen atoms in total. The van der Waals surface area contributed by atoms with Crippen LogP contribution in [0.3, 0.4) is 0 Å². The molecule has 3 aromatic rings. The Kier molecular flexibility index (Phi) is 7.41. The molecule has 0 aliphatic carbocycles. The Morgan fingerprint density at radius 3 is 2.32 bits per heavy atom. The fraction of sp³-hybridized carbons (Fsp3) is 0.273. The Bertz CT molecular complexity index is 1080. The Hall–Kier alpha value is -3.20. The van der Waals surface area contributed by atoms with Crippen molar-refractivity contribution in [2.75, 3.05) is 16.4 Å². The van der Waals surface area contributed by atoms with E-state index in [4.69, 9.17) is 0 Å². The van der Waals surface area contributed by atoms with Gasteiger partial charge < -0.3 is 15.2 Å². The zero-order valence-electron chi connectivity index (χ0n) is 17.6. The van der Waals surface area contributed by atoms with Crippen molar-refractivity contribution < 1.29 is 14.0 Å². The van der Waals surface area contributed by atoms with E-state index in [0.717, 1.165) is 11.3 Å². The van der Waals surface area contributed by atoms with Crippen molar-refractivity contribution in [1.82, 2.24) is 14.8 Å². The van der Waals surface area contributed by atoms with Crippen molar-refractivity contribution in [2.45, 2.75) is 38.9 Å². The van der Waals surface area contributed by atoms with Crippen LogP contribution in [0, 0.1) is 19.7 Å². The van der Waals surface area contributed by atoms with Crippen LogP contribution in [0.2, 0.25) is 0 Å². The highest BCUT2D eigenvalue weighted by molar-refractivity contribution is 7.99. The lowest BCUT2D eigenvalue weighted by Gasteiger charge is -2.09. The van der Waals surface area contributed by atoms with E-state index in [9.17, 15) is 14.0 Å². The van der Waals surface area contributed by atoms with Crippen molar-refractivity contribution >= 4 is 35.0 Å². The molecule has 0 unspecified atom stereocenters. The fourth-order valence-corrected chi connectivity index (χ4v) is 3.72. The summed E-state index contributed by atoms with van der Waals surface area (Å²) in [5.41, 5.74) is 3.54. The maximum atomic E-state index is 13.0. The van der Waals surface area contributed by atoms with Gasteiger partial charge in [-0.2, -0.15) is 0 Å². The fourth-order valence-electron chi connectivity index (χ4n) is 2.90. The first kappa shape index (κ1) is 22.5. The molecule has 2 aromatic carbocycles. The van der Waals surface area contributed by atoms with Crippen molar-refractivity contribution in [3.63, 3.8) is 0 Å². The number of carbonyl (C=O) groups excluding carboxylic acids is 2. The number of halogens is 1. The lowest BCUT2D eigenvalue weighted by Crippen LogP contribution is -2.18. The number of hydrogen-bond acceptors (Lipinski definition) is 5. The zero-order chi connectivity index (χ0) is 22.4. The van der Waals surface area contributed by atoms with E-state index in [2.05, 4.69) is 20.8 Å². The van der Waals surface area contributed by atoms with E-state index < -0.39 is 0 Å².